The molecule has 0 aliphatic heterocycles. The number of ketones is 1. The fraction of sp³-hybridized carbons (Fsp3) is 0.407. The maximum absolute atomic E-state index is 13.4. The molecular weight excluding hydrogens is 493 g/mol. The van der Waals surface area contributed by atoms with Crippen LogP contribution in [0.15, 0.2) is 53.1 Å². The van der Waals surface area contributed by atoms with Crippen molar-refractivity contribution in [2.75, 3.05) is 5.32 Å². The van der Waals surface area contributed by atoms with Crippen molar-refractivity contribution < 1.29 is 28.3 Å². The van der Waals surface area contributed by atoms with E-state index in [9.17, 15) is 23.9 Å². The van der Waals surface area contributed by atoms with Gasteiger partial charge in [-0.15, -0.1) is 10.2 Å². The summed E-state index contributed by atoms with van der Waals surface area (Å²) < 4.78 is 19.1. The Balaban J connectivity index is 1.92. The lowest BCUT2D eigenvalue weighted by molar-refractivity contribution is -0.139. The summed E-state index contributed by atoms with van der Waals surface area (Å²) >= 11 is 0. The Morgan fingerprint density at radius 2 is 1.82 bits per heavy atom. The van der Waals surface area contributed by atoms with Crippen LogP contribution in [0.2, 0.25) is 0 Å². The van der Waals surface area contributed by atoms with Gasteiger partial charge in [0.05, 0.1) is 0 Å². The van der Waals surface area contributed by atoms with Crippen LogP contribution in [0.3, 0.4) is 0 Å². The first-order chi connectivity index (χ1) is 18.0. The second-order valence-electron chi connectivity index (χ2n) is 9.98. The molecule has 2 heterocycles. The van der Waals surface area contributed by atoms with Gasteiger partial charge in [0, 0.05) is 24.2 Å². The van der Waals surface area contributed by atoms with Crippen LogP contribution >= 0.6 is 0 Å². The van der Waals surface area contributed by atoms with E-state index in [1.165, 1.54) is 36.5 Å². The van der Waals surface area contributed by atoms with Crippen LogP contribution in [0, 0.1) is 11.2 Å². The molecule has 10 nitrogen and oxygen atoms in total. The predicted molar refractivity (Wildman–Crippen MR) is 138 cm³/mol. The average molecular weight is 526 g/mol. The molecule has 0 aliphatic carbocycles. The Kier molecular flexibility index (Phi) is 9.27. The zero-order chi connectivity index (χ0) is 27.9. The minimum absolute atomic E-state index is 0.00175. The number of nitrogens with zero attached hydrogens (tertiary/aromatic N) is 4. The number of carbonyl (C=O) groups is 3. The van der Waals surface area contributed by atoms with Gasteiger partial charge in [-0.2, -0.15) is 0 Å². The summed E-state index contributed by atoms with van der Waals surface area (Å²) in [5.74, 6) is -1.74. The Labute approximate surface area is 220 Å². The molecular formula is C27H32FN5O5. The number of benzene rings is 1. The number of aromatic nitrogens is 3. The van der Waals surface area contributed by atoms with E-state index in [4.69, 9.17) is 4.42 Å². The van der Waals surface area contributed by atoms with Gasteiger partial charge in [0.2, 0.25) is 17.6 Å². The zero-order valence-electron chi connectivity index (χ0n) is 21.8. The average Bonchev–Trinajstić information content (AvgIpc) is 3.34. The van der Waals surface area contributed by atoms with Crippen LogP contribution in [-0.2, 0) is 16.0 Å². The predicted octanol–water partition coefficient (Wildman–Crippen LogP) is 4.97. The van der Waals surface area contributed by atoms with E-state index in [1.54, 1.807) is 12.1 Å². The van der Waals surface area contributed by atoms with E-state index in [0.717, 1.165) is 4.90 Å². The molecule has 0 aliphatic rings. The molecule has 11 heteroatoms. The second kappa shape index (κ2) is 12.4. The Morgan fingerprint density at radius 1 is 1.11 bits per heavy atom. The fourth-order valence-corrected chi connectivity index (χ4v) is 4.08. The molecule has 0 saturated carbocycles. The highest BCUT2D eigenvalue weighted by Gasteiger charge is 2.43. The number of anilines is 1. The largest absolute Gasteiger partial charge is 0.465 e. The Morgan fingerprint density at radius 3 is 2.39 bits per heavy atom. The molecule has 2 N–H and O–H groups in total. The number of pyridine rings is 1. The van der Waals surface area contributed by atoms with Crippen molar-refractivity contribution in [2.24, 2.45) is 5.41 Å². The standard InChI is InChI=1S/C27H32FN5O5/c1-5-6-9-19(23(34)24(35)30-21-10-7-8-15-29-21)33(26(36)37)20(27(2,3)4)16-22-31-32-25(38-22)17-11-13-18(28)14-12-17/h7-8,10-15,19-20H,5-6,9,16H2,1-4H3,(H,36,37)(H,29,30,35)/t19-,20?/m0/s1. The van der Waals surface area contributed by atoms with Crippen LogP contribution < -0.4 is 5.32 Å². The number of Topliss-reactive ketones (excluding diaryl/α,β-unsaturated/α-hetero) is 1. The number of rotatable bonds is 11. The summed E-state index contributed by atoms with van der Waals surface area (Å²) in [4.78, 5) is 43.9. The number of halogens is 1. The number of carbonyl (C=O) groups excluding carboxylic acids is 2. The molecule has 1 aromatic carbocycles. The lowest BCUT2D eigenvalue weighted by Crippen LogP contribution is -2.57. The highest BCUT2D eigenvalue weighted by Crippen LogP contribution is 2.31. The molecule has 0 spiro atoms. The summed E-state index contributed by atoms with van der Waals surface area (Å²) in [7, 11) is 0. The van der Waals surface area contributed by atoms with Crippen molar-refractivity contribution in [3.8, 4) is 11.5 Å². The maximum Gasteiger partial charge on any atom is 0.408 e. The molecule has 0 saturated heterocycles. The van der Waals surface area contributed by atoms with E-state index in [0.29, 0.717) is 18.4 Å². The number of amides is 2. The third-order valence-corrected chi connectivity index (χ3v) is 6.08. The molecule has 2 amide bonds. The topological polar surface area (TPSA) is 139 Å². The van der Waals surface area contributed by atoms with Gasteiger partial charge in [0.1, 0.15) is 17.7 Å². The molecule has 3 rings (SSSR count). The highest BCUT2D eigenvalue weighted by molar-refractivity contribution is 6.42. The Hall–Kier alpha value is -4.15. The molecule has 38 heavy (non-hydrogen) atoms. The number of carboxylic acid groups (broad SMARTS) is 1. The van der Waals surface area contributed by atoms with Gasteiger partial charge in [-0.25, -0.2) is 14.2 Å². The number of hydrogen-bond acceptors (Lipinski definition) is 7. The summed E-state index contributed by atoms with van der Waals surface area (Å²) in [5.41, 5.74) is -0.166. The van der Waals surface area contributed by atoms with Crippen LogP contribution in [-0.4, -0.2) is 55.1 Å². The maximum atomic E-state index is 13.4. The monoisotopic (exact) mass is 525 g/mol. The Bertz CT molecular complexity index is 1240. The van der Waals surface area contributed by atoms with Gasteiger partial charge in [0.15, 0.2) is 0 Å². The first kappa shape index (κ1) is 28.4. The van der Waals surface area contributed by atoms with Crippen molar-refractivity contribution >= 4 is 23.6 Å². The molecule has 1 unspecified atom stereocenters. The van der Waals surface area contributed by atoms with Gasteiger partial charge in [0.25, 0.3) is 5.91 Å². The molecule has 0 fully saturated rings. The van der Waals surface area contributed by atoms with E-state index in [2.05, 4.69) is 20.5 Å². The molecule has 0 bridgehead atoms. The third kappa shape index (κ3) is 7.21. The van der Waals surface area contributed by atoms with E-state index < -0.39 is 41.1 Å². The van der Waals surface area contributed by atoms with Crippen LogP contribution in [0.4, 0.5) is 15.0 Å². The minimum Gasteiger partial charge on any atom is -0.465 e. The van der Waals surface area contributed by atoms with Crippen LogP contribution in [0.1, 0.15) is 52.8 Å². The first-order valence-corrected chi connectivity index (χ1v) is 12.4. The lowest BCUT2D eigenvalue weighted by atomic mass is 9.82. The van der Waals surface area contributed by atoms with Crippen LogP contribution in [0.5, 0.6) is 0 Å². The molecule has 2 aromatic heterocycles. The fourth-order valence-electron chi connectivity index (χ4n) is 4.08. The number of hydrogen-bond donors (Lipinski definition) is 2. The van der Waals surface area contributed by atoms with Gasteiger partial charge in [-0.3, -0.25) is 14.5 Å². The van der Waals surface area contributed by atoms with E-state index >= 15 is 0 Å². The lowest BCUT2D eigenvalue weighted by Gasteiger charge is -2.41. The van der Waals surface area contributed by atoms with Crippen molar-refractivity contribution in [1.29, 1.82) is 0 Å². The van der Waals surface area contributed by atoms with Gasteiger partial charge < -0.3 is 14.8 Å². The minimum atomic E-state index is -1.34. The van der Waals surface area contributed by atoms with Crippen LogP contribution in [0.25, 0.3) is 11.5 Å². The van der Waals surface area contributed by atoms with Crippen molar-refractivity contribution in [3.63, 3.8) is 0 Å². The summed E-state index contributed by atoms with van der Waals surface area (Å²) in [6.07, 6.45) is 1.52. The smallest absolute Gasteiger partial charge is 0.408 e. The summed E-state index contributed by atoms with van der Waals surface area (Å²) in [6, 6.07) is 8.36. The number of unbranched alkanes of at least 4 members (excludes halogenated alkanes) is 1. The summed E-state index contributed by atoms with van der Waals surface area (Å²) in [5, 5.41) is 20.9. The normalized spacial score (nSPS) is 13.0. The van der Waals surface area contributed by atoms with Gasteiger partial charge in [-0.05, 0) is 48.2 Å². The second-order valence-corrected chi connectivity index (χ2v) is 9.98. The van der Waals surface area contributed by atoms with Gasteiger partial charge >= 0.3 is 6.09 Å². The highest BCUT2D eigenvalue weighted by atomic mass is 19.1. The van der Waals surface area contributed by atoms with E-state index in [-0.39, 0.29) is 30.4 Å². The molecule has 0 radical (unpaired) electrons. The zero-order valence-corrected chi connectivity index (χ0v) is 21.8. The van der Waals surface area contributed by atoms with Crippen molar-refractivity contribution in [3.05, 3.63) is 60.4 Å². The number of nitrogens with one attached hydrogen (secondary N) is 1. The SMILES string of the molecule is CCCC[C@@H](C(=O)C(=O)Nc1ccccn1)N(C(=O)O)C(Cc1nnc(-c2ccc(F)cc2)o1)C(C)(C)C. The first-order valence-electron chi connectivity index (χ1n) is 12.4. The van der Waals surface area contributed by atoms with Crippen molar-refractivity contribution in [1.82, 2.24) is 20.1 Å². The quantitative estimate of drug-likeness (QED) is 0.335. The molecule has 2 atom stereocenters. The molecule has 3 aromatic rings. The summed E-state index contributed by atoms with van der Waals surface area (Å²) in [6.45, 7) is 7.41. The molecule has 202 valence electrons. The van der Waals surface area contributed by atoms with E-state index in [1.807, 2.05) is 27.7 Å². The third-order valence-electron chi connectivity index (χ3n) is 6.08. The van der Waals surface area contributed by atoms with Crippen molar-refractivity contribution in [2.45, 2.75) is 65.5 Å². The van der Waals surface area contributed by atoms with Gasteiger partial charge in [-0.1, -0.05) is 46.6 Å².